The predicted octanol–water partition coefficient (Wildman–Crippen LogP) is 2.90. The molecule has 29 heavy (non-hydrogen) atoms. The monoisotopic (exact) mass is 420 g/mol. The number of rotatable bonds is 7. The third kappa shape index (κ3) is 5.70. The Kier molecular flexibility index (Phi) is 7.43. The van der Waals surface area contributed by atoms with E-state index in [1.807, 2.05) is 23.9 Å². The zero-order valence-corrected chi connectivity index (χ0v) is 18.5. The van der Waals surface area contributed by atoms with Crippen molar-refractivity contribution in [3.8, 4) is 0 Å². The largest absolute Gasteiger partial charge is 0.469 e. The van der Waals surface area contributed by atoms with Crippen LogP contribution in [0, 0.1) is 0 Å². The molecule has 3 saturated heterocycles. The van der Waals surface area contributed by atoms with Crippen LogP contribution in [0.2, 0.25) is 0 Å². The lowest BCUT2D eigenvalue weighted by Gasteiger charge is -2.38. The van der Waals surface area contributed by atoms with E-state index in [0.717, 1.165) is 63.0 Å². The van der Waals surface area contributed by atoms with Crippen molar-refractivity contribution in [2.75, 3.05) is 44.3 Å². The molecular formula is C22H36N4O2S. The maximum Gasteiger partial charge on any atom is 0.191 e. The summed E-state index contributed by atoms with van der Waals surface area (Å²) in [6.45, 7) is 7.13. The van der Waals surface area contributed by atoms with Crippen molar-refractivity contribution >= 4 is 17.7 Å². The van der Waals surface area contributed by atoms with Crippen molar-refractivity contribution in [1.82, 2.24) is 15.5 Å². The smallest absolute Gasteiger partial charge is 0.191 e. The molecule has 6 nitrogen and oxygen atoms in total. The molecule has 7 heteroatoms. The second-order valence-corrected chi connectivity index (χ2v) is 9.64. The molecule has 0 radical (unpaired) electrons. The molecule has 3 fully saturated rings. The number of hydrogen-bond donors (Lipinski definition) is 2. The Morgan fingerprint density at radius 3 is 3.17 bits per heavy atom. The SMILES string of the molecule is CCN1CCCC1CN=C(NCCc1ccco1)NC1CCOC2(CCSC2)C1. The Balaban J connectivity index is 1.35. The standard InChI is InChI=1S/C22H36N4O2S/c1-2-26-11-3-5-19(26)16-24-21(23-10-7-20-6-4-12-27-20)25-18-8-13-28-22(15-18)9-14-29-17-22/h4,6,12,18-19H,2-3,5,7-11,13-17H2,1H3,(H2,23,24,25). The first-order chi connectivity index (χ1) is 14.3. The second kappa shape index (κ2) is 10.2. The molecule has 3 aliphatic heterocycles. The maximum atomic E-state index is 6.20. The van der Waals surface area contributed by atoms with Gasteiger partial charge in [-0.15, -0.1) is 0 Å². The lowest BCUT2D eigenvalue weighted by atomic mass is 9.90. The van der Waals surface area contributed by atoms with Gasteiger partial charge in [-0.25, -0.2) is 0 Å². The number of nitrogens with zero attached hydrogens (tertiary/aromatic N) is 2. The summed E-state index contributed by atoms with van der Waals surface area (Å²) in [4.78, 5) is 7.57. The number of likely N-dealkylation sites (N-methyl/N-ethyl adjacent to an activating group) is 1. The second-order valence-electron chi connectivity index (χ2n) is 8.54. The van der Waals surface area contributed by atoms with E-state index < -0.39 is 0 Å². The van der Waals surface area contributed by atoms with Crippen LogP contribution in [-0.4, -0.2) is 72.8 Å². The molecule has 0 bridgehead atoms. The highest BCUT2D eigenvalue weighted by atomic mass is 32.2. The summed E-state index contributed by atoms with van der Waals surface area (Å²) in [7, 11) is 0. The van der Waals surface area contributed by atoms with E-state index in [4.69, 9.17) is 14.1 Å². The van der Waals surface area contributed by atoms with Gasteiger partial charge < -0.3 is 19.8 Å². The first kappa shape index (κ1) is 21.1. The number of thioether (sulfide) groups is 1. The normalized spacial score (nSPS) is 30.9. The molecule has 0 amide bonds. The highest BCUT2D eigenvalue weighted by molar-refractivity contribution is 7.99. The Hall–Kier alpha value is -1.18. The van der Waals surface area contributed by atoms with Crippen LogP contribution in [0.3, 0.4) is 0 Å². The van der Waals surface area contributed by atoms with Crippen molar-refractivity contribution in [1.29, 1.82) is 0 Å². The fraction of sp³-hybridized carbons (Fsp3) is 0.773. The Morgan fingerprint density at radius 1 is 1.41 bits per heavy atom. The predicted molar refractivity (Wildman–Crippen MR) is 120 cm³/mol. The number of nitrogens with one attached hydrogen (secondary N) is 2. The van der Waals surface area contributed by atoms with Crippen LogP contribution < -0.4 is 10.6 Å². The first-order valence-electron chi connectivity index (χ1n) is 11.3. The Labute approximate surface area is 179 Å². The third-order valence-corrected chi connectivity index (χ3v) is 7.73. The van der Waals surface area contributed by atoms with Crippen LogP contribution >= 0.6 is 11.8 Å². The number of furan rings is 1. The van der Waals surface area contributed by atoms with E-state index in [1.54, 1.807) is 6.26 Å². The van der Waals surface area contributed by atoms with Crippen LogP contribution in [0.15, 0.2) is 27.8 Å². The molecule has 4 heterocycles. The molecular weight excluding hydrogens is 384 g/mol. The first-order valence-corrected chi connectivity index (χ1v) is 12.4. The molecule has 0 saturated carbocycles. The maximum absolute atomic E-state index is 6.20. The summed E-state index contributed by atoms with van der Waals surface area (Å²) < 4.78 is 11.7. The molecule has 4 rings (SSSR count). The summed E-state index contributed by atoms with van der Waals surface area (Å²) in [6.07, 6.45) is 8.48. The fourth-order valence-corrected chi connectivity index (χ4v) is 6.21. The number of guanidine groups is 1. The van der Waals surface area contributed by atoms with Gasteiger partial charge in [0.05, 0.1) is 18.4 Å². The van der Waals surface area contributed by atoms with Crippen molar-refractivity contribution in [2.45, 2.75) is 63.1 Å². The minimum atomic E-state index is 0.0876. The van der Waals surface area contributed by atoms with Crippen molar-refractivity contribution < 1.29 is 9.15 Å². The average molecular weight is 421 g/mol. The summed E-state index contributed by atoms with van der Waals surface area (Å²) in [5, 5.41) is 7.30. The molecule has 3 aliphatic rings. The average Bonchev–Trinajstić information content (AvgIpc) is 3.48. The van der Waals surface area contributed by atoms with Crippen molar-refractivity contribution in [3.05, 3.63) is 24.2 Å². The van der Waals surface area contributed by atoms with E-state index in [2.05, 4.69) is 22.5 Å². The van der Waals surface area contributed by atoms with Gasteiger partial charge in [0.25, 0.3) is 0 Å². The number of hydrogen-bond acceptors (Lipinski definition) is 5. The van der Waals surface area contributed by atoms with Crippen LogP contribution in [0.4, 0.5) is 0 Å². The van der Waals surface area contributed by atoms with Gasteiger partial charge in [-0.2, -0.15) is 11.8 Å². The summed E-state index contributed by atoms with van der Waals surface area (Å²) in [6, 6.07) is 4.99. The molecule has 1 spiro atoms. The van der Waals surface area contributed by atoms with E-state index in [9.17, 15) is 0 Å². The minimum absolute atomic E-state index is 0.0876. The van der Waals surface area contributed by atoms with E-state index in [1.165, 1.54) is 31.6 Å². The van der Waals surface area contributed by atoms with Gasteiger partial charge in [0, 0.05) is 37.4 Å². The molecule has 1 aromatic rings. The highest BCUT2D eigenvalue weighted by Crippen LogP contribution is 2.38. The number of likely N-dealkylation sites (tertiary alicyclic amines) is 1. The zero-order valence-electron chi connectivity index (χ0n) is 17.7. The molecule has 162 valence electrons. The molecule has 1 aromatic heterocycles. The summed E-state index contributed by atoms with van der Waals surface area (Å²) in [5.41, 5.74) is 0.0876. The van der Waals surface area contributed by atoms with Gasteiger partial charge in [0.2, 0.25) is 0 Å². The van der Waals surface area contributed by atoms with Gasteiger partial charge in [0.1, 0.15) is 5.76 Å². The molecule has 3 atom stereocenters. The van der Waals surface area contributed by atoms with E-state index in [0.29, 0.717) is 12.1 Å². The minimum Gasteiger partial charge on any atom is -0.469 e. The van der Waals surface area contributed by atoms with Crippen molar-refractivity contribution in [3.63, 3.8) is 0 Å². The van der Waals surface area contributed by atoms with Crippen LogP contribution in [-0.2, 0) is 11.2 Å². The molecule has 3 unspecified atom stereocenters. The number of aliphatic imine (C=N–C) groups is 1. The molecule has 0 aromatic carbocycles. The van der Waals surface area contributed by atoms with Gasteiger partial charge in [0.15, 0.2) is 5.96 Å². The van der Waals surface area contributed by atoms with Gasteiger partial charge >= 0.3 is 0 Å². The molecule has 2 N–H and O–H groups in total. The quantitative estimate of drug-likeness (QED) is 0.522. The highest BCUT2D eigenvalue weighted by Gasteiger charge is 2.40. The fourth-order valence-electron chi connectivity index (χ4n) is 4.83. The summed E-state index contributed by atoms with van der Waals surface area (Å²) in [5.74, 6) is 4.32. The lowest BCUT2D eigenvalue weighted by Crippen LogP contribution is -2.52. The van der Waals surface area contributed by atoms with Gasteiger partial charge in [-0.05, 0) is 63.1 Å². The lowest BCUT2D eigenvalue weighted by molar-refractivity contribution is -0.0679. The topological polar surface area (TPSA) is 62.0 Å². The van der Waals surface area contributed by atoms with Gasteiger partial charge in [-0.1, -0.05) is 6.92 Å². The number of ether oxygens (including phenoxy) is 1. The Morgan fingerprint density at radius 2 is 2.38 bits per heavy atom. The zero-order chi connectivity index (χ0) is 19.9. The molecule has 0 aliphatic carbocycles. The van der Waals surface area contributed by atoms with Gasteiger partial charge in [-0.3, -0.25) is 9.89 Å². The van der Waals surface area contributed by atoms with E-state index >= 15 is 0 Å². The Bertz CT molecular complexity index is 645. The summed E-state index contributed by atoms with van der Waals surface area (Å²) >= 11 is 2.03. The van der Waals surface area contributed by atoms with Crippen molar-refractivity contribution in [2.24, 2.45) is 4.99 Å². The van der Waals surface area contributed by atoms with Crippen LogP contribution in [0.25, 0.3) is 0 Å². The third-order valence-electron chi connectivity index (χ3n) is 6.51. The van der Waals surface area contributed by atoms with E-state index in [-0.39, 0.29) is 5.60 Å². The van der Waals surface area contributed by atoms with Crippen LogP contribution in [0.5, 0.6) is 0 Å². The van der Waals surface area contributed by atoms with Crippen LogP contribution in [0.1, 0.15) is 44.8 Å².